The van der Waals surface area contributed by atoms with E-state index in [4.69, 9.17) is 5.73 Å². The lowest BCUT2D eigenvalue weighted by Gasteiger charge is -2.12. The molecule has 0 saturated carbocycles. The number of carbonyl (C=O) groups excluding carboxylic acids is 2. The van der Waals surface area contributed by atoms with Crippen LogP contribution in [0.25, 0.3) is 0 Å². The molecular weight excluding hydrogens is 176 g/mol. The highest BCUT2D eigenvalue weighted by molar-refractivity contribution is 5.76. The zero-order valence-electron chi connectivity index (χ0n) is 7.70. The summed E-state index contributed by atoms with van der Waals surface area (Å²) in [6.07, 6.45) is 0.505. The minimum Gasteiger partial charge on any atom is -0.468 e. The van der Waals surface area contributed by atoms with E-state index in [1.165, 1.54) is 7.11 Å². The van der Waals surface area contributed by atoms with Gasteiger partial charge in [-0.05, 0) is 6.42 Å². The summed E-state index contributed by atoms with van der Waals surface area (Å²) in [5.74, 6) is -1.04. The Morgan fingerprint density at radius 1 is 1.54 bits per heavy atom. The number of carbonyl (C=O) groups is 2. The molecule has 13 heavy (non-hydrogen) atoms. The molecule has 0 fully saturated rings. The highest BCUT2D eigenvalue weighted by atomic mass is 16.7. The maximum absolute atomic E-state index is 10.9. The van der Waals surface area contributed by atoms with Crippen LogP contribution in [0.5, 0.6) is 0 Å². The van der Waals surface area contributed by atoms with E-state index < -0.39 is 17.9 Å². The molecule has 0 aliphatic rings. The van der Waals surface area contributed by atoms with E-state index in [-0.39, 0.29) is 6.61 Å². The molecule has 76 valence electrons. The Morgan fingerprint density at radius 3 is 2.54 bits per heavy atom. The number of methoxy groups -OCH3 is 1. The Kier molecular flexibility index (Phi) is 5.82. The summed E-state index contributed by atoms with van der Waals surface area (Å²) in [5, 5.41) is 0. The van der Waals surface area contributed by atoms with Crippen molar-refractivity contribution in [1.29, 1.82) is 0 Å². The van der Waals surface area contributed by atoms with Crippen LogP contribution in [0.15, 0.2) is 0 Å². The molecule has 1 amide bonds. The molecule has 0 rings (SSSR count). The summed E-state index contributed by atoms with van der Waals surface area (Å²) >= 11 is 0. The van der Waals surface area contributed by atoms with E-state index in [0.717, 1.165) is 0 Å². The first kappa shape index (κ1) is 11.9. The van der Waals surface area contributed by atoms with Gasteiger partial charge in [0.1, 0.15) is 12.6 Å². The van der Waals surface area contributed by atoms with E-state index in [1.807, 2.05) is 0 Å². The van der Waals surface area contributed by atoms with E-state index in [0.29, 0.717) is 6.42 Å². The fourth-order valence-corrected chi connectivity index (χ4v) is 0.654. The van der Waals surface area contributed by atoms with E-state index >= 15 is 0 Å². The zero-order chi connectivity index (χ0) is 10.3. The smallest absolute Gasteiger partial charge is 0.325 e. The third-order valence-corrected chi connectivity index (χ3v) is 1.33. The number of hydrogen-bond acceptors (Lipinski definition) is 5. The second-order valence-corrected chi connectivity index (χ2v) is 2.36. The van der Waals surface area contributed by atoms with Crippen molar-refractivity contribution < 1.29 is 19.2 Å². The van der Waals surface area contributed by atoms with Crippen molar-refractivity contribution in [3.63, 3.8) is 0 Å². The molecule has 0 radical (unpaired) electrons. The van der Waals surface area contributed by atoms with Gasteiger partial charge in [0.25, 0.3) is 0 Å². The van der Waals surface area contributed by atoms with Crippen molar-refractivity contribution in [3.05, 3.63) is 0 Å². The van der Waals surface area contributed by atoms with Crippen molar-refractivity contribution in [2.75, 3.05) is 13.7 Å². The summed E-state index contributed by atoms with van der Waals surface area (Å²) in [6.45, 7) is 1.51. The fourth-order valence-electron chi connectivity index (χ4n) is 0.654. The Hall–Kier alpha value is -1.14. The van der Waals surface area contributed by atoms with Gasteiger partial charge in [0.2, 0.25) is 5.91 Å². The summed E-state index contributed by atoms with van der Waals surface area (Å²) in [6, 6.07) is -0.565. The SMILES string of the molecule is CCC(NOCC(N)=O)C(=O)OC. The molecule has 6 nitrogen and oxygen atoms in total. The number of rotatable bonds is 6. The number of amides is 1. The van der Waals surface area contributed by atoms with Crippen LogP contribution in [0.4, 0.5) is 0 Å². The number of ether oxygens (including phenoxy) is 1. The summed E-state index contributed by atoms with van der Waals surface area (Å²) in [7, 11) is 1.28. The molecule has 0 aromatic rings. The summed E-state index contributed by atoms with van der Waals surface area (Å²) in [5.41, 5.74) is 7.18. The van der Waals surface area contributed by atoms with Gasteiger partial charge in [-0.2, -0.15) is 5.48 Å². The van der Waals surface area contributed by atoms with Crippen LogP contribution in [0, 0.1) is 0 Å². The lowest BCUT2D eigenvalue weighted by atomic mass is 10.2. The van der Waals surface area contributed by atoms with Crippen LogP contribution in [0.2, 0.25) is 0 Å². The van der Waals surface area contributed by atoms with Crippen LogP contribution >= 0.6 is 0 Å². The number of nitrogens with two attached hydrogens (primary N) is 1. The molecule has 0 saturated heterocycles. The quantitative estimate of drug-likeness (QED) is 0.411. The molecule has 0 aliphatic heterocycles. The molecule has 0 heterocycles. The average Bonchev–Trinajstić information content (AvgIpc) is 2.11. The first-order valence-corrected chi connectivity index (χ1v) is 3.85. The van der Waals surface area contributed by atoms with Gasteiger partial charge in [0.05, 0.1) is 7.11 Å². The Balaban J connectivity index is 3.72. The number of hydrogen-bond donors (Lipinski definition) is 2. The predicted molar refractivity (Wildman–Crippen MR) is 44.4 cm³/mol. The fraction of sp³-hybridized carbons (Fsp3) is 0.714. The first-order valence-electron chi connectivity index (χ1n) is 3.85. The van der Waals surface area contributed by atoms with Gasteiger partial charge >= 0.3 is 5.97 Å². The Labute approximate surface area is 76.3 Å². The minimum absolute atomic E-state index is 0.270. The highest BCUT2D eigenvalue weighted by Gasteiger charge is 2.16. The standard InChI is InChI=1S/C7H14N2O4/c1-3-5(7(11)12-2)9-13-4-6(8)10/h5,9H,3-4H2,1-2H3,(H2,8,10). The van der Waals surface area contributed by atoms with Crippen molar-refractivity contribution in [2.24, 2.45) is 5.73 Å². The van der Waals surface area contributed by atoms with Gasteiger partial charge in [-0.15, -0.1) is 0 Å². The van der Waals surface area contributed by atoms with Gasteiger partial charge < -0.3 is 10.5 Å². The second kappa shape index (κ2) is 6.38. The Bertz CT molecular complexity index is 183. The third kappa shape index (κ3) is 5.15. The summed E-state index contributed by atoms with van der Waals surface area (Å²) in [4.78, 5) is 25.8. The van der Waals surface area contributed by atoms with Gasteiger partial charge in [0, 0.05) is 0 Å². The molecule has 0 aliphatic carbocycles. The van der Waals surface area contributed by atoms with E-state index in [1.54, 1.807) is 6.92 Å². The maximum atomic E-state index is 10.9. The van der Waals surface area contributed by atoms with Crippen LogP contribution in [0.1, 0.15) is 13.3 Å². The van der Waals surface area contributed by atoms with E-state index in [9.17, 15) is 9.59 Å². The molecule has 3 N–H and O–H groups in total. The van der Waals surface area contributed by atoms with Gasteiger partial charge in [-0.25, -0.2) is 0 Å². The van der Waals surface area contributed by atoms with Crippen LogP contribution < -0.4 is 11.2 Å². The minimum atomic E-state index is -0.604. The molecule has 0 aromatic heterocycles. The second-order valence-electron chi connectivity index (χ2n) is 2.36. The number of primary amides is 1. The Morgan fingerprint density at radius 2 is 2.15 bits per heavy atom. The van der Waals surface area contributed by atoms with Crippen molar-refractivity contribution in [3.8, 4) is 0 Å². The van der Waals surface area contributed by atoms with Crippen LogP contribution in [0.3, 0.4) is 0 Å². The maximum Gasteiger partial charge on any atom is 0.325 e. The average molecular weight is 190 g/mol. The molecule has 1 unspecified atom stereocenters. The molecule has 1 atom stereocenters. The third-order valence-electron chi connectivity index (χ3n) is 1.33. The highest BCUT2D eigenvalue weighted by Crippen LogP contribution is 1.93. The van der Waals surface area contributed by atoms with Crippen molar-refractivity contribution >= 4 is 11.9 Å². The molecular formula is C7H14N2O4. The summed E-state index contributed by atoms with van der Waals surface area (Å²) < 4.78 is 4.46. The van der Waals surface area contributed by atoms with E-state index in [2.05, 4.69) is 15.1 Å². The largest absolute Gasteiger partial charge is 0.468 e. The molecule has 0 aromatic carbocycles. The zero-order valence-corrected chi connectivity index (χ0v) is 7.70. The van der Waals surface area contributed by atoms with Crippen LogP contribution in [-0.4, -0.2) is 31.6 Å². The molecule has 6 heteroatoms. The van der Waals surface area contributed by atoms with Crippen molar-refractivity contribution in [2.45, 2.75) is 19.4 Å². The monoisotopic (exact) mass is 190 g/mol. The predicted octanol–water partition coefficient (Wildman–Crippen LogP) is -1.06. The van der Waals surface area contributed by atoms with Gasteiger partial charge in [0.15, 0.2) is 0 Å². The topological polar surface area (TPSA) is 90.6 Å². The first-order chi connectivity index (χ1) is 6.11. The lowest BCUT2D eigenvalue weighted by molar-refractivity contribution is -0.149. The van der Waals surface area contributed by atoms with Gasteiger partial charge in [-0.1, -0.05) is 6.92 Å². The normalized spacial score (nSPS) is 12.2. The lowest BCUT2D eigenvalue weighted by Crippen LogP contribution is -2.38. The van der Waals surface area contributed by atoms with Crippen LogP contribution in [-0.2, 0) is 19.2 Å². The number of hydroxylamine groups is 1. The number of nitrogens with one attached hydrogen (secondary N) is 1. The van der Waals surface area contributed by atoms with Gasteiger partial charge in [-0.3, -0.25) is 14.4 Å². The number of esters is 1. The molecule has 0 spiro atoms. The molecule has 0 bridgehead atoms. The van der Waals surface area contributed by atoms with Crippen molar-refractivity contribution in [1.82, 2.24) is 5.48 Å².